The summed E-state index contributed by atoms with van der Waals surface area (Å²) in [6, 6.07) is 7.58. The van der Waals surface area contributed by atoms with Gasteiger partial charge in [-0.05, 0) is 18.2 Å². The number of aliphatic imine (C=N–C) groups is 1. The van der Waals surface area contributed by atoms with Crippen LogP contribution < -0.4 is 11.1 Å². The molecule has 0 radical (unpaired) electrons. The minimum atomic E-state index is 0.550. The second kappa shape index (κ2) is 4.11. The van der Waals surface area contributed by atoms with E-state index in [0.717, 1.165) is 23.8 Å². The van der Waals surface area contributed by atoms with Crippen molar-refractivity contribution >= 4 is 17.2 Å². The van der Waals surface area contributed by atoms with Crippen molar-refractivity contribution in [2.24, 2.45) is 4.99 Å². The fourth-order valence-corrected chi connectivity index (χ4v) is 1.32. The van der Waals surface area contributed by atoms with Crippen molar-refractivity contribution in [3.05, 3.63) is 24.3 Å². The van der Waals surface area contributed by atoms with Crippen LogP contribution in [0, 0.1) is 0 Å². The molecule has 0 aromatic heterocycles. The summed E-state index contributed by atoms with van der Waals surface area (Å²) in [5.74, 6) is 0.863. The fraction of sp³-hybridized carbons (Fsp3) is 0.300. The van der Waals surface area contributed by atoms with Crippen LogP contribution in [0.2, 0.25) is 0 Å². The van der Waals surface area contributed by atoms with Gasteiger partial charge in [-0.3, -0.25) is 4.99 Å². The smallest absolute Gasteiger partial charge is 0.127 e. The molecule has 1 heterocycles. The molecule has 14 heavy (non-hydrogen) atoms. The van der Waals surface area contributed by atoms with E-state index < -0.39 is 0 Å². The average Bonchev–Trinajstić information content (AvgIpc) is 2.19. The molecule has 0 bridgehead atoms. The zero-order valence-electron chi connectivity index (χ0n) is 7.86. The zero-order valence-corrected chi connectivity index (χ0v) is 7.86. The molecule has 1 aromatic carbocycles. The number of hydrogen-bond donors (Lipinski definition) is 2. The minimum Gasteiger partial charge on any atom is -0.399 e. The SMILES string of the molecule is Nc1cccc(NC2=NCCOC2)c1. The van der Waals surface area contributed by atoms with Gasteiger partial charge in [0.05, 0.1) is 13.2 Å². The maximum absolute atomic E-state index is 5.65. The second-order valence-corrected chi connectivity index (χ2v) is 3.13. The van der Waals surface area contributed by atoms with Crippen molar-refractivity contribution in [2.45, 2.75) is 0 Å². The van der Waals surface area contributed by atoms with E-state index in [4.69, 9.17) is 10.5 Å². The van der Waals surface area contributed by atoms with E-state index in [9.17, 15) is 0 Å². The first kappa shape index (κ1) is 9.02. The number of amidine groups is 1. The highest BCUT2D eigenvalue weighted by molar-refractivity contribution is 5.97. The van der Waals surface area contributed by atoms with E-state index in [1.165, 1.54) is 0 Å². The first-order chi connectivity index (χ1) is 6.84. The molecule has 0 saturated carbocycles. The van der Waals surface area contributed by atoms with Gasteiger partial charge in [-0.1, -0.05) is 6.07 Å². The van der Waals surface area contributed by atoms with Crippen LogP contribution in [-0.4, -0.2) is 25.6 Å². The number of rotatable bonds is 1. The van der Waals surface area contributed by atoms with Crippen LogP contribution in [0.5, 0.6) is 0 Å². The fourth-order valence-electron chi connectivity index (χ4n) is 1.32. The molecule has 0 aliphatic carbocycles. The average molecular weight is 191 g/mol. The van der Waals surface area contributed by atoms with Gasteiger partial charge in [0, 0.05) is 11.4 Å². The van der Waals surface area contributed by atoms with E-state index in [0.29, 0.717) is 13.2 Å². The highest BCUT2D eigenvalue weighted by Crippen LogP contribution is 2.12. The Kier molecular flexibility index (Phi) is 2.65. The van der Waals surface area contributed by atoms with E-state index in [-0.39, 0.29) is 0 Å². The number of nitrogens with two attached hydrogens (primary N) is 1. The van der Waals surface area contributed by atoms with E-state index in [1.807, 2.05) is 24.3 Å². The van der Waals surface area contributed by atoms with Crippen LogP contribution in [0.15, 0.2) is 29.3 Å². The Morgan fingerprint density at radius 2 is 2.36 bits per heavy atom. The quantitative estimate of drug-likeness (QED) is 0.654. The van der Waals surface area contributed by atoms with Crippen LogP contribution in [0.4, 0.5) is 11.4 Å². The maximum Gasteiger partial charge on any atom is 0.127 e. The van der Waals surface area contributed by atoms with Gasteiger partial charge in [-0.15, -0.1) is 0 Å². The second-order valence-electron chi connectivity index (χ2n) is 3.13. The number of nitrogen functional groups attached to an aromatic ring is 1. The Morgan fingerprint density at radius 3 is 3.07 bits per heavy atom. The predicted octanol–water partition coefficient (Wildman–Crippen LogP) is 1.11. The first-order valence-electron chi connectivity index (χ1n) is 4.58. The van der Waals surface area contributed by atoms with E-state index >= 15 is 0 Å². The molecule has 4 nitrogen and oxygen atoms in total. The Balaban J connectivity index is 2.06. The lowest BCUT2D eigenvalue weighted by Gasteiger charge is -2.14. The monoisotopic (exact) mass is 191 g/mol. The Bertz CT molecular complexity index is 349. The normalized spacial score (nSPS) is 16.1. The van der Waals surface area contributed by atoms with Crippen molar-refractivity contribution in [1.82, 2.24) is 0 Å². The third-order valence-corrected chi connectivity index (χ3v) is 1.95. The van der Waals surface area contributed by atoms with Crippen LogP contribution >= 0.6 is 0 Å². The molecule has 2 rings (SSSR count). The molecule has 3 N–H and O–H groups in total. The standard InChI is InChI=1S/C10H13N3O/c11-8-2-1-3-9(6-8)13-10-7-14-5-4-12-10/h1-3,6H,4-5,7,11H2,(H,12,13). The summed E-state index contributed by atoms with van der Waals surface area (Å²) in [7, 11) is 0. The summed E-state index contributed by atoms with van der Waals surface area (Å²) < 4.78 is 5.26. The van der Waals surface area contributed by atoms with Gasteiger partial charge in [-0.2, -0.15) is 0 Å². The number of anilines is 2. The summed E-state index contributed by atoms with van der Waals surface area (Å²) in [6.07, 6.45) is 0. The Hall–Kier alpha value is -1.55. The van der Waals surface area contributed by atoms with Crippen LogP contribution in [-0.2, 0) is 4.74 Å². The van der Waals surface area contributed by atoms with Crippen molar-refractivity contribution in [1.29, 1.82) is 0 Å². The molecule has 0 spiro atoms. The number of hydrogen-bond acceptors (Lipinski definition) is 4. The summed E-state index contributed by atoms with van der Waals surface area (Å²) >= 11 is 0. The van der Waals surface area contributed by atoms with Gasteiger partial charge in [-0.25, -0.2) is 0 Å². The lowest BCUT2D eigenvalue weighted by Crippen LogP contribution is -2.24. The highest BCUT2D eigenvalue weighted by atomic mass is 16.5. The summed E-state index contributed by atoms with van der Waals surface area (Å²) in [4.78, 5) is 4.29. The third kappa shape index (κ3) is 2.23. The van der Waals surface area contributed by atoms with E-state index in [2.05, 4.69) is 10.3 Å². The number of nitrogens with one attached hydrogen (secondary N) is 1. The lowest BCUT2D eigenvalue weighted by atomic mass is 10.3. The van der Waals surface area contributed by atoms with Crippen molar-refractivity contribution in [3.63, 3.8) is 0 Å². The molecule has 1 aliphatic heterocycles. The Labute approximate surface area is 82.8 Å². The first-order valence-corrected chi connectivity index (χ1v) is 4.58. The van der Waals surface area contributed by atoms with Crippen molar-refractivity contribution < 1.29 is 4.74 Å². The van der Waals surface area contributed by atoms with Gasteiger partial charge < -0.3 is 15.8 Å². The molecule has 0 atom stereocenters. The number of benzene rings is 1. The molecule has 4 heteroatoms. The van der Waals surface area contributed by atoms with Crippen LogP contribution in [0.3, 0.4) is 0 Å². The third-order valence-electron chi connectivity index (χ3n) is 1.95. The topological polar surface area (TPSA) is 59.6 Å². The largest absolute Gasteiger partial charge is 0.399 e. The Morgan fingerprint density at radius 1 is 1.43 bits per heavy atom. The van der Waals surface area contributed by atoms with Crippen molar-refractivity contribution in [3.8, 4) is 0 Å². The molecular weight excluding hydrogens is 178 g/mol. The minimum absolute atomic E-state index is 0.550. The predicted molar refractivity (Wildman–Crippen MR) is 57.6 cm³/mol. The summed E-state index contributed by atoms with van der Waals surface area (Å²) in [5.41, 5.74) is 7.35. The highest BCUT2D eigenvalue weighted by Gasteiger charge is 2.04. The molecular formula is C10H13N3O. The molecule has 0 unspecified atom stereocenters. The molecule has 0 amide bonds. The van der Waals surface area contributed by atoms with Crippen LogP contribution in [0.1, 0.15) is 0 Å². The van der Waals surface area contributed by atoms with Gasteiger partial charge in [0.15, 0.2) is 0 Å². The number of ether oxygens (including phenoxy) is 1. The maximum atomic E-state index is 5.65. The molecule has 0 fully saturated rings. The molecule has 0 saturated heterocycles. The van der Waals surface area contributed by atoms with E-state index in [1.54, 1.807) is 0 Å². The summed E-state index contributed by atoms with van der Waals surface area (Å²) in [6.45, 7) is 1.99. The van der Waals surface area contributed by atoms with Gasteiger partial charge in [0.1, 0.15) is 12.4 Å². The molecule has 1 aliphatic rings. The van der Waals surface area contributed by atoms with Gasteiger partial charge in [0.2, 0.25) is 0 Å². The molecule has 74 valence electrons. The van der Waals surface area contributed by atoms with Crippen LogP contribution in [0.25, 0.3) is 0 Å². The van der Waals surface area contributed by atoms with Gasteiger partial charge in [0.25, 0.3) is 0 Å². The summed E-state index contributed by atoms with van der Waals surface area (Å²) in [5, 5.41) is 3.17. The molecule has 1 aromatic rings. The van der Waals surface area contributed by atoms with Crippen molar-refractivity contribution in [2.75, 3.05) is 30.8 Å². The zero-order chi connectivity index (χ0) is 9.80. The number of nitrogens with zero attached hydrogens (tertiary/aromatic N) is 1. The lowest BCUT2D eigenvalue weighted by molar-refractivity contribution is 0.171. The van der Waals surface area contributed by atoms with Gasteiger partial charge >= 0.3 is 0 Å².